The molecular formula is C17H27N. The second kappa shape index (κ2) is 6.94. The number of nitrogens with one attached hydrogen (secondary N) is 1. The Balaban J connectivity index is 1.96. The van der Waals surface area contributed by atoms with E-state index in [0.717, 1.165) is 12.5 Å². The zero-order valence-corrected chi connectivity index (χ0v) is 11.9. The van der Waals surface area contributed by atoms with Gasteiger partial charge in [-0.1, -0.05) is 44.5 Å². The molecule has 0 saturated heterocycles. The van der Waals surface area contributed by atoms with Crippen LogP contribution < -0.4 is 5.32 Å². The summed E-state index contributed by atoms with van der Waals surface area (Å²) < 4.78 is 0. The Morgan fingerprint density at radius 1 is 1.11 bits per heavy atom. The van der Waals surface area contributed by atoms with Gasteiger partial charge in [-0.25, -0.2) is 0 Å². The van der Waals surface area contributed by atoms with Crippen molar-refractivity contribution >= 4 is 0 Å². The maximum atomic E-state index is 3.71. The first-order valence-electron chi connectivity index (χ1n) is 7.67. The third kappa shape index (κ3) is 3.84. The molecule has 0 spiro atoms. The van der Waals surface area contributed by atoms with Gasteiger partial charge in [-0.15, -0.1) is 0 Å². The lowest BCUT2D eigenvalue weighted by atomic mass is 9.99. The highest BCUT2D eigenvalue weighted by molar-refractivity contribution is 5.26. The molecule has 1 nitrogen and oxygen atoms in total. The average molecular weight is 245 g/mol. The van der Waals surface area contributed by atoms with E-state index in [4.69, 9.17) is 0 Å². The predicted molar refractivity (Wildman–Crippen MR) is 78.8 cm³/mol. The standard InChI is InChI=1S/C17H27N/c1-3-5-6-14-7-9-15(10-8-14)17(16-11-12-16)18-13-4-2/h7-10,16-18H,3-6,11-13H2,1-2H3. The summed E-state index contributed by atoms with van der Waals surface area (Å²) in [5, 5.41) is 3.71. The molecule has 1 saturated carbocycles. The topological polar surface area (TPSA) is 12.0 Å². The van der Waals surface area contributed by atoms with Crippen molar-refractivity contribution in [3.63, 3.8) is 0 Å². The first-order valence-corrected chi connectivity index (χ1v) is 7.67. The van der Waals surface area contributed by atoms with Crippen LogP contribution in [0.5, 0.6) is 0 Å². The Labute approximate surface area is 112 Å². The predicted octanol–water partition coefficient (Wildman–Crippen LogP) is 4.48. The molecule has 0 amide bonds. The molecule has 0 bridgehead atoms. The van der Waals surface area contributed by atoms with E-state index in [2.05, 4.69) is 43.4 Å². The van der Waals surface area contributed by atoms with Crippen LogP contribution in [-0.4, -0.2) is 6.54 Å². The van der Waals surface area contributed by atoms with Gasteiger partial charge in [0.15, 0.2) is 0 Å². The third-order valence-corrected chi connectivity index (χ3v) is 3.87. The maximum absolute atomic E-state index is 3.71. The van der Waals surface area contributed by atoms with Gasteiger partial charge in [0.05, 0.1) is 0 Å². The van der Waals surface area contributed by atoms with Gasteiger partial charge < -0.3 is 5.32 Å². The maximum Gasteiger partial charge on any atom is 0.0348 e. The molecule has 0 radical (unpaired) electrons. The van der Waals surface area contributed by atoms with Crippen LogP contribution in [0, 0.1) is 5.92 Å². The summed E-state index contributed by atoms with van der Waals surface area (Å²) in [5.41, 5.74) is 2.98. The number of hydrogen-bond acceptors (Lipinski definition) is 1. The first-order chi connectivity index (χ1) is 8.85. The lowest BCUT2D eigenvalue weighted by Crippen LogP contribution is -2.23. The van der Waals surface area contributed by atoms with Crippen molar-refractivity contribution in [2.24, 2.45) is 5.92 Å². The highest BCUT2D eigenvalue weighted by atomic mass is 14.9. The Kier molecular flexibility index (Phi) is 5.25. The van der Waals surface area contributed by atoms with E-state index in [1.165, 1.54) is 49.7 Å². The van der Waals surface area contributed by atoms with Crippen molar-refractivity contribution in [2.75, 3.05) is 6.54 Å². The Morgan fingerprint density at radius 2 is 1.83 bits per heavy atom. The Morgan fingerprint density at radius 3 is 2.39 bits per heavy atom. The van der Waals surface area contributed by atoms with Gasteiger partial charge in [0.1, 0.15) is 0 Å². The van der Waals surface area contributed by atoms with Gasteiger partial charge in [-0.05, 0) is 55.7 Å². The van der Waals surface area contributed by atoms with Crippen LogP contribution in [0.2, 0.25) is 0 Å². The normalized spacial score (nSPS) is 16.8. The van der Waals surface area contributed by atoms with Gasteiger partial charge >= 0.3 is 0 Å². The minimum absolute atomic E-state index is 0.602. The minimum Gasteiger partial charge on any atom is -0.310 e. The van der Waals surface area contributed by atoms with Crippen LogP contribution in [0.1, 0.15) is 63.1 Å². The molecule has 2 rings (SSSR count). The second-order valence-corrected chi connectivity index (χ2v) is 5.61. The Bertz CT molecular complexity index is 337. The van der Waals surface area contributed by atoms with Crippen molar-refractivity contribution < 1.29 is 0 Å². The summed E-state index contributed by atoms with van der Waals surface area (Å²) in [7, 11) is 0. The molecule has 1 fully saturated rings. The Hall–Kier alpha value is -0.820. The minimum atomic E-state index is 0.602. The van der Waals surface area contributed by atoms with E-state index in [0.29, 0.717) is 6.04 Å². The zero-order chi connectivity index (χ0) is 12.8. The molecular weight excluding hydrogens is 218 g/mol. The fourth-order valence-electron chi connectivity index (χ4n) is 2.56. The third-order valence-electron chi connectivity index (χ3n) is 3.87. The van der Waals surface area contributed by atoms with Crippen LogP contribution in [0.15, 0.2) is 24.3 Å². The molecule has 1 atom stereocenters. The van der Waals surface area contributed by atoms with E-state index in [-0.39, 0.29) is 0 Å². The number of hydrogen-bond donors (Lipinski definition) is 1. The molecule has 18 heavy (non-hydrogen) atoms. The van der Waals surface area contributed by atoms with Gasteiger partial charge in [0, 0.05) is 6.04 Å². The van der Waals surface area contributed by atoms with Crippen molar-refractivity contribution in [2.45, 2.75) is 58.4 Å². The molecule has 0 heterocycles. The molecule has 1 unspecified atom stereocenters. The van der Waals surface area contributed by atoms with Gasteiger partial charge in [0.25, 0.3) is 0 Å². The highest BCUT2D eigenvalue weighted by Gasteiger charge is 2.31. The van der Waals surface area contributed by atoms with E-state index in [1.807, 2.05) is 0 Å². The SMILES string of the molecule is CCCCc1ccc(C(NCCC)C2CC2)cc1. The average Bonchev–Trinajstić information content (AvgIpc) is 3.23. The van der Waals surface area contributed by atoms with Crippen LogP contribution in [0.4, 0.5) is 0 Å². The van der Waals surface area contributed by atoms with Gasteiger partial charge in [-0.3, -0.25) is 0 Å². The molecule has 100 valence electrons. The van der Waals surface area contributed by atoms with Crippen molar-refractivity contribution in [1.82, 2.24) is 5.32 Å². The van der Waals surface area contributed by atoms with E-state index in [1.54, 1.807) is 0 Å². The molecule has 1 aromatic carbocycles. The van der Waals surface area contributed by atoms with Gasteiger partial charge in [-0.2, -0.15) is 0 Å². The van der Waals surface area contributed by atoms with Crippen LogP contribution in [-0.2, 0) is 6.42 Å². The fraction of sp³-hybridized carbons (Fsp3) is 0.647. The summed E-state index contributed by atoms with van der Waals surface area (Å²) in [6.45, 7) is 5.63. The molecule has 1 N–H and O–H groups in total. The molecule has 1 aliphatic carbocycles. The number of unbranched alkanes of at least 4 members (excludes halogenated alkanes) is 1. The quantitative estimate of drug-likeness (QED) is 0.712. The first kappa shape index (κ1) is 13.6. The summed E-state index contributed by atoms with van der Waals surface area (Å²) in [6.07, 6.45) is 7.84. The second-order valence-electron chi connectivity index (χ2n) is 5.61. The number of benzene rings is 1. The molecule has 0 aromatic heterocycles. The van der Waals surface area contributed by atoms with Crippen LogP contribution >= 0.6 is 0 Å². The van der Waals surface area contributed by atoms with Crippen LogP contribution in [0.25, 0.3) is 0 Å². The van der Waals surface area contributed by atoms with E-state index in [9.17, 15) is 0 Å². The molecule has 1 aromatic rings. The fourth-order valence-corrected chi connectivity index (χ4v) is 2.56. The van der Waals surface area contributed by atoms with Crippen molar-refractivity contribution in [1.29, 1.82) is 0 Å². The lowest BCUT2D eigenvalue weighted by molar-refractivity contribution is 0.481. The monoisotopic (exact) mass is 245 g/mol. The molecule has 1 heteroatoms. The molecule has 0 aliphatic heterocycles. The van der Waals surface area contributed by atoms with Crippen molar-refractivity contribution in [3.05, 3.63) is 35.4 Å². The summed E-state index contributed by atoms with van der Waals surface area (Å²) in [4.78, 5) is 0. The summed E-state index contributed by atoms with van der Waals surface area (Å²) in [5.74, 6) is 0.887. The molecule has 1 aliphatic rings. The van der Waals surface area contributed by atoms with Crippen molar-refractivity contribution in [3.8, 4) is 0 Å². The lowest BCUT2D eigenvalue weighted by Gasteiger charge is -2.18. The highest BCUT2D eigenvalue weighted by Crippen LogP contribution is 2.41. The van der Waals surface area contributed by atoms with Crippen LogP contribution in [0.3, 0.4) is 0 Å². The number of aryl methyl sites for hydroxylation is 1. The van der Waals surface area contributed by atoms with E-state index < -0.39 is 0 Å². The van der Waals surface area contributed by atoms with Gasteiger partial charge in [0.2, 0.25) is 0 Å². The van der Waals surface area contributed by atoms with E-state index >= 15 is 0 Å². The smallest absolute Gasteiger partial charge is 0.0348 e. The summed E-state index contributed by atoms with van der Waals surface area (Å²) >= 11 is 0. The number of rotatable bonds is 8. The summed E-state index contributed by atoms with van der Waals surface area (Å²) in [6, 6.07) is 9.94. The zero-order valence-electron chi connectivity index (χ0n) is 11.9. The largest absolute Gasteiger partial charge is 0.310 e.